The Morgan fingerprint density at radius 1 is 1.04 bits per heavy atom. The molecular formula is C26H34N2. The Balaban J connectivity index is 2.33. The number of hydrogen-bond acceptors (Lipinski definition) is 2. The van der Waals surface area contributed by atoms with Gasteiger partial charge in [0.25, 0.3) is 0 Å². The van der Waals surface area contributed by atoms with E-state index in [4.69, 9.17) is 0 Å². The van der Waals surface area contributed by atoms with Crippen molar-refractivity contribution in [3.63, 3.8) is 0 Å². The Labute approximate surface area is 171 Å². The molecule has 0 aliphatic carbocycles. The molecule has 0 atom stereocenters. The highest BCUT2D eigenvalue weighted by molar-refractivity contribution is 5.84. The lowest BCUT2D eigenvalue weighted by Gasteiger charge is -2.43. The van der Waals surface area contributed by atoms with Crippen LogP contribution in [0.4, 0.5) is 11.4 Å². The van der Waals surface area contributed by atoms with Gasteiger partial charge < -0.3 is 4.90 Å². The van der Waals surface area contributed by atoms with Crippen LogP contribution in [0.5, 0.6) is 0 Å². The van der Waals surface area contributed by atoms with Gasteiger partial charge >= 0.3 is 0 Å². The number of benzene rings is 2. The van der Waals surface area contributed by atoms with Crippen molar-refractivity contribution in [3.8, 4) is 0 Å². The zero-order valence-corrected chi connectivity index (χ0v) is 18.7. The number of aryl methyl sites for hydroxylation is 1. The summed E-state index contributed by atoms with van der Waals surface area (Å²) in [6.07, 6.45) is 5.02. The third-order valence-corrected chi connectivity index (χ3v) is 5.98. The summed E-state index contributed by atoms with van der Waals surface area (Å²) < 4.78 is 0. The first-order valence-corrected chi connectivity index (χ1v) is 10.3. The maximum atomic E-state index is 4.16. The fourth-order valence-electron chi connectivity index (χ4n) is 4.11. The fourth-order valence-corrected chi connectivity index (χ4v) is 4.11. The first-order valence-electron chi connectivity index (χ1n) is 10.3. The van der Waals surface area contributed by atoms with Gasteiger partial charge in [-0.3, -0.25) is 4.99 Å². The Morgan fingerprint density at radius 2 is 1.64 bits per heavy atom. The van der Waals surface area contributed by atoms with Crippen molar-refractivity contribution in [3.05, 3.63) is 70.4 Å². The molecule has 2 heteroatoms. The molecule has 2 nitrogen and oxygen atoms in total. The summed E-state index contributed by atoms with van der Waals surface area (Å²) in [5.41, 5.74) is 9.35. The van der Waals surface area contributed by atoms with Crippen molar-refractivity contribution < 1.29 is 0 Å². The van der Waals surface area contributed by atoms with Gasteiger partial charge in [-0.1, -0.05) is 65.8 Å². The van der Waals surface area contributed by atoms with Crippen LogP contribution in [0.25, 0.3) is 0 Å². The lowest BCUT2D eigenvalue weighted by molar-refractivity contribution is 0.580. The van der Waals surface area contributed by atoms with Crippen LogP contribution in [0.3, 0.4) is 0 Å². The van der Waals surface area contributed by atoms with E-state index in [1.165, 1.54) is 39.3 Å². The average Bonchev–Trinajstić information content (AvgIpc) is 2.65. The molecule has 1 aliphatic rings. The summed E-state index contributed by atoms with van der Waals surface area (Å²) >= 11 is 0. The van der Waals surface area contributed by atoms with Gasteiger partial charge in [-0.05, 0) is 59.2 Å². The molecule has 0 fully saturated rings. The molecule has 0 N–H and O–H groups in total. The van der Waals surface area contributed by atoms with E-state index >= 15 is 0 Å². The molecule has 0 aromatic heterocycles. The van der Waals surface area contributed by atoms with Gasteiger partial charge in [0.15, 0.2) is 0 Å². The molecule has 1 heterocycles. The van der Waals surface area contributed by atoms with E-state index in [1.54, 1.807) is 0 Å². The molecular weight excluding hydrogens is 340 g/mol. The molecule has 0 spiro atoms. The van der Waals surface area contributed by atoms with Crippen LogP contribution in [0.2, 0.25) is 0 Å². The number of aliphatic imine (C=N–C) groups is 1. The predicted octanol–water partition coefficient (Wildman–Crippen LogP) is 6.93. The van der Waals surface area contributed by atoms with E-state index in [1.807, 2.05) is 13.3 Å². The molecule has 0 unspecified atom stereocenters. The highest BCUT2D eigenvalue weighted by Gasteiger charge is 2.37. The highest BCUT2D eigenvalue weighted by atomic mass is 15.2. The van der Waals surface area contributed by atoms with Crippen molar-refractivity contribution in [2.75, 3.05) is 11.9 Å². The minimum absolute atomic E-state index is 0.0489. The van der Waals surface area contributed by atoms with Crippen LogP contribution in [-0.4, -0.2) is 13.3 Å². The van der Waals surface area contributed by atoms with Gasteiger partial charge in [0.1, 0.15) is 0 Å². The zero-order chi connectivity index (χ0) is 20.7. The fraction of sp³-hybridized carbons (Fsp3) is 0.423. The minimum Gasteiger partial charge on any atom is -0.314 e. The molecule has 3 rings (SSSR count). The lowest BCUT2D eigenvalue weighted by Crippen LogP contribution is -2.33. The number of rotatable bonds is 3. The highest BCUT2D eigenvalue weighted by Crippen LogP contribution is 2.51. The van der Waals surface area contributed by atoms with Crippen LogP contribution in [0.1, 0.15) is 70.7 Å². The van der Waals surface area contributed by atoms with E-state index in [2.05, 4.69) is 101 Å². The third kappa shape index (κ3) is 3.41. The second kappa shape index (κ2) is 7.24. The molecule has 0 bridgehead atoms. The largest absolute Gasteiger partial charge is 0.314 e. The number of anilines is 2. The molecule has 0 amide bonds. The average molecular weight is 375 g/mol. The summed E-state index contributed by atoms with van der Waals surface area (Å²) in [4.78, 5) is 6.55. The first-order chi connectivity index (χ1) is 13.1. The molecule has 0 saturated heterocycles. The molecule has 0 saturated carbocycles. The van der Waals surface area contributed by atoms with E-state index < -0.39 is 0 Å². The summed E-state index contributed by atoms with van der Waals surface area (Å²) in [5.74, 6) is 0. The van der Waals surface area contributed by atoms with Crippen LogP contribution < -0.4 is 4.90 Å². The van der Waals surface area contributed by atoms with E-state index in [-0.39, 0.29) is 10.8 Å². The van der Waals surface area contributed by atoms with E-state index in [9.17, 15) is 0 Å². The molecule has 1 aliphatic heterocycles. The predicted molar refractivity (Wildman–Crippen MR) is 123 cm³/mol. The monoisotopic (exact) mass is 374 g/mol. The Bertz CT molecular complexity index is 939. The maximum absolute atomic E-state index is 4.16. The van der Waals surface area contributed by atoms with Gasteiger partial charge in [0.2, 0.25) is 0 Å². The number of nitrogens with zero attached hydrogens (tertiary/aromatic N) is 2. The van der Waals surface area contributed by atoms with E-state index in [0.717, 1.165) is 6.42 Å². The van der Waals surface area contributed by atoms with Crippen molar-refractivity contribution >= 4 is 17.6 Å². The Hall–Kier alpha value is -2.35. The second-order valence-electron chi connectivity index (χ2n) is 9.36. The molecule has 28 heavy (non-hydrogen) atoms. The van der Waals surface area contributed by atoms with Crippen LogP contribution in [0, 0.1) is 0 Å². The number of hydrogen-bond donors (Lipinski definition) is 0. The summed E-state index contributed by atoms with van der Waals surface area (Å²) in [7, 11) is 1.81. The smallest absolute Gasteiger partial charge is 0.0499 e. The molecule has 148 valence electrons. The maximum Gasteiger partial charge on any atom is 0.0499 e. The molecule has 0 radical (unpaired) electrons. The summed E-state index contributed by atoms with van der Waals surface area (Å²) in [6, 6.07) is 14.0. The third-order valence-electron chi connectivity index (χ3n) is 5.98. The van der Waals surface area contributed by atoms with Gasteiger partial charge in [0, 0.05) is 35.7 Å². The SMILES string of the molecule is CCc1ccc2c(c1)C(C)(C)c1cc(C(C)(C)C)ccc1N2/C(C)=C/C=NC. The Kier molecular flexibility index (Phi) is 5.27. The number of allylic oxidation sites excluding steroid dienone is 2. The van der Waals surface area contributed by atoms with Crippen molar-refractivity contribution in [1.29, 1.82) is 0 Å². The Morgan fingerprint density at radius 3 is 2.21 bits per heavy atom. The van der Waals surface area contributed by atoms with Crippen molar-refractivity contribution in [2.45, 2.75) is 65.7 Å². The van der Waals surface area contributed by atoms with Crippen LogP contribution in [0.15, 0.2) is 53.2 Å². The zero-order valence-electron chi connectivity index (χ0n) is 18.7. The standard InChI is InChI=1S/C26H34N2/c1-9-19-10-12-23-21(16-19)26(6,7)22-17-20(25(3,4)5)11-13-24(22)28(23)18(2)14-15-27-8/h10-17H,9H2,1-8H3/b18-14+,27-15?. The van der Waals surface area contributed by atoms with Gasteiger partial charge in [-0.2, -0.15) is 0 Å². The molecule has 2 aromatic carbocycles. The summed E-state index contributed by atoms with van der Waals surface area (Å²) in [5, 5.41) is 0. The summed E-state index contributed by atoms with van der Waals surface area (Å²) in [6.45, 7) is 16.0. The topological polar surface area (TPSA) is 15.6 Å². The molecule has 2 aromatic rings. The quantitative estimate of drug-likeness (QED) is 0.532. The van der Waals surface area contributed by atoms with Crippen LogP contribution >= 0.6 is 0 Å². The van der Waals surface area contributed by atoms with Gasteiger partial charge in [-0.15, -0.1) is 0 Å². The number of fused-ring (bicyclic) bond motifs is 2. The van der Waals surface area contributed by atoms with E-state index in [0.29, 0.717) is 0 Å². The van der Waals surface area contributed by atoms with Gasteiger partial charge in [-0.25, -0.2) is 0 Å². The second-order valence-corrected chi connectivity index (χ2v) is 9.36. The van der Waals surface area contributed by atoms with Gasteiger partial charge in [0.05, 0.1) is 0 Å². The van der Waals surface area contributed by atoms with Crippen molar-refractivity contribution in [1.82, 2.24) is 0 Å². The van der Waals surface area contributed by atoms with Crippen molar-refractivity contribution in [2.24, 2.45) is 4.99 Å². The first kappa shape index (κ1) is 20.4. The minimum atomic E-state index is -0.0489. The van der Waals surface area contributed by atoms with Crippen LogP contribution in [-0.2, 0) is 17.3 Å². The lowest BCUT2D eigenvalue weighted by atomic mass is 9.71. The normalized spacial score (nSPS) is 16.3.